The van der Waals surface area contributed by atoms with E-state index in [1.807, 2.05) is 0 Å². The number of aryl methyl sites for hydroxylation is 1. The van der Waals surface area contributed by atoms with Crippen molar-refractivity contribution >= 4 is 28.3 Å². The second kappa shape index (κ2) is 13.8. The molecule has 9 nitrogen and oxygen atoms in total. The van der Waals surface area contributed by atoms with Crippen molar-refractivity contribution in [3.63, 3.8) is 0 Å². The Hall–Kier alpha value is -3.52. The van der Waals surface area contributed by atoms with Crippen LogP contribution in [-0.4, -0.2) is 93.6 Å². The van der Waals surface area contributed by atoms with Crippen LogP contribution in [0.5, 0.6) is 6.01 Å². The Balaban J connectivity index is 1.22. The Morgan fingerprint density at radius 2 is 1.81 bits per heavy atom. The first kappa shape index (κ1) is 29.5. The van der Waals surface area contributed by atoms with Crippen LogP contribution in [-0.2, 0) is 17.7 Å². The number of anilines is 2. The third-order valence-corrected chi connectivity index (χ3v) is 9.34. The zero-order valence-electron chi connectivity index (χ0n) is 26.0. The first-order chi connectivity index (χ1) is 21.1. The molecule has 0 radical (unpaired) electrons. The lowest BCUT2D eigenvalue weighted by Crippen LogP contribution is -2.38. The molecule has 0 spiro atoms. The highest BCUT2D eigenvalue weighted by Crippen LogP contribution is 2.36. The van der Waals surface area contributed by atoms with Gasteiger partial charge in [-0.05, 0) is 75.6 Å². The van der Waals surface area contributed by atoms with Crippen molar-refractivity contribution in [3.8, 4) is 6.01 Å². The number of ether oxygens (including phenoxy) is 2. The maximum Gasteiger partial charge on any atom is 0.318 e. The number of fused-ring (bicyclic) bond motifs is 2. The number of rotatable bonds is 10. The van der Waals surface area contributed by atoms with E-state index >= 15 is 0 Å². The number of methoxy groups -OCH3 is 1. The van der Waals surface area contributed by atoms with Crippen LogP contribution in [0.3, 0.4) is 0 Å². The van der Waals surface area contributed by atoms with E-state index in [2.05, 4.69) is 81.1 Å². The largest absolute Gasteiger partial charge is 0.462 e. The summed E-state index contributed by atoms with van der Waals surface area (Å²) in [6.07, 6.45) is 5.45. The quantitative estimate of drug-likeness (QED) is 0.245. The van der Waals surface area contributed by atoms with Crippen LogP contribution >= 0.6 is 0 Å². The number of aromatic nitrogens is 2. The molecule has 3 aliphatic heterocycles. The predicted octanol–water partition coefficient (Wildman–Crippen LogP) is 5.01. The Labute approximate surface area is 255 Å². The summed E-state index contributed by atoms with van der Waals surface area (Å²) in [5, 5.41) is 2.61. The summed E-state index contributed by atoms with van der Waals surface area (Å²) >= 11 is 0. The van der Waals surface area contributed by atoms with Gasteiger partial charge in [0.2, 0.25) is 0 Å². The molecular formula is C34H45N7O2. The van der Waals surface area contributed by atoms with Crippen LogP contribution in [0, 0.1) is 12.8 Å². The Morgan fingerprint density at radius 1 is 0.977 bits per heavy atom. The maximum atomic E-state index is 6.35. The molecule has 0 bridgehead atoms. The highest BCUT2D eigenvalue weighted by Gasteiger charge is 2.29. The smallest absolute Gasteiger partial charge is 0.318 e. The molecule has 0 amide bonds. The Kier molecular flexibility index (Phi) is 9.51. The number of piperidine rings is 1. The van der Waals surface area contributed by atoms with E-state index in [0.717, 1.165) is 76.5 Å². The fraction of sp³-hybridized carbons (Fsp3) is 0.559. The predicted molar refractivity (Wildman–Crippen MR) is 173 cm³/mol. The number of likely N-dealkylation sites (tertiary alicyclic amines) is 1. The summed E-state index contributed by atoms with van der Waals surface area (Å²) in [5.41, 5.74) is 4.96. The van der Waals surface area contributed by atoms with Gasteiger partial charge in [-0.15, -0.1) is 0 Å². The molecular weight excluding hydrogens is 538 g/mol. The molecule has 0 saturated carbocycles. The molecule has 9 heteroatoms. The van der Waals surface area contributed by atoms with Crippen molar-refractivity contribution in [2.45, 2.75) is 51.6 Å². The van der Waals surface area contributed by atoms with Gasteiger partial charge in [0.1, 0.15) is 12.4 Å². The highest BCUT2D eigenvalue weighted by molar-refractivity contribution is 5.97. The Bertz CT molecular complexity index is 1460. The lowest BCUT2D eigenvalue weighted by Gasteiger charge is -2.37. The molecule has 0 N–H and O–H groups in total. The van der Waals surface area contributed by atoms with Gasteiger partial charge in [-0.3, -0.25) is 0 Å². The molecule has 2 saturated heterocycles. The zero-order chi connectivity index (χ0) is 29.6. The molecule has 2 fully saturated rings. The van der Waals surface area contributed by atoms with Crippen molar-refractivity contribution in [3.05, 3.63) is 53.2 Å². The van der Waals surface area contributed by atoms with E-state index in [0.29, 0.717) is 37.7 Å². The van der Waals surface area contributed by atoms with Gasteiger partial charge in [-0.2, -0.15) is 9.97 Å². The van der Waals surface area contributed by atoms with Crippen LogP contribution in [0.2, 0.25) is 0 Å². The van der Waals surface area contributed by atoms with Gasteiger partial charge in [-0.25, -0.2) is 9.98 Å². The molecule has 228 valence electrons. The van der Waals surface area contributed by atoms with Crippen LogP contribution < -0.4 is 14.5 Å². The summed E-state index contributed by atoms with van der Waals surface area (Å²) in [6.45, 7) is 9.57. The normalized spacial score (nSPS) is 19.4. The molecule has 6 rings (SSSR count). The van der Waals surface area contributed by atoms with Crippen LogP contribution in [0.4, 0.5) is 11.5 Å². The van der Waals surface area contributed by atoms with E-state index in [1.54, 1.807) is 7.11 Å². The summed E-state index contributed by atoms with van der Waals surface area (Å²) < 4.78 is 11.4. The summed E-state index contributed by atoms with van der Waals surface area (Å²) in [5.74, 6) is 1.61. The Morgan fingerprint density at radius 3 is 2.60 bits per heavy atom. The minimum absolute atomic E-state index is 0.424. The molecule has 4 heterocycles. The van der Waals surface area contributed by atoms with Gasteiger partial charge in [-0.1, -0.05) is 30.3 Å². The van der Waals surface area contributed by atoms with E-state index < -0.39 is 0 Å². The SMILES string of the molecule is COCCN=C=NCC1CCN(c2nc(OC[C@@H]3CCCN3C)nc3c2CCN(c2cccc4cccc(C)c24)C3)CC1. The standard InChI is InChI=1S/C34H45N7O2/c1-25-7-4-8-27-9-5-11-31(32(25)27)41-19-14-29-30(22-41)37-34(43-23-28-10-6-16-39(28)2)38-33(29)40-17-12-26(13-18-40)21-36-24-35-15-20-42-3/h4-5,7-9,11,26,28H,6,10,12-23H2,1-3H3/t28-/m0/s1. The van der Waals surface area contributed by atoms with Gasteiger partial charge < -0.3 is 24.2 Å². The molecule has 2 aromatic carbocycles. The summed E-state index contributed by atoms with van der Waals surface area (Å²) in [6, 6.07) is 17.0. The van der Waals surface area contributed by atoms with Crippen molar-refractivity contribution in [1.29, 1.82) is 0 Å². The number of hydrogen-bond donors (Lipinski definition) is 0. The van der Waals surface area contributed by atoms with Crippen LogP contribution in [0.1, 0.15) is 42.5 Å². The number of benzene rings is 2. The second-order valence-corrected chi connectivity index (χ2v) is 12.2. The van der Waals surface area contributed by atoms with Crippen LogP contribution in [0.15, 0.2) is 46.4 Å². The topological polar surface area (TPSA) is 78.7 Å². The first-order valence-electron chi connectivity index (χ1n) is 15.9. The highest BCUT2D eigenvalue weighted by atomic mass is 16.5. The van der Waals surface area contributed by atoms with E-state index in [9.17, 15) is 0 Å². The molecule has 0 unspecified atom stereocenters. The lowest BCUT2D eigenvalue weighted by atomic mass is 9.95. The molecule has 43 heavy (non-hydrogen) atoms. The number of hydrogen-bond acceptors (Lipinski definition) is 9. The van der Waals surface area contributed by atoms with Crippen molar-refractivity contribution in [1.82, 2.24) is 14.9 Å². The van der Waals surface area contributed by atoms with Gasteiger partial charge in [0, 0.05) is 49.4 Å². The first-order valence-corrected chi connectivity index (χ1v) is 15.9. The fourth-order valence-electron chi connectivity index (χ4n) is 6.78. The molecule has 3 aliphatic rings. The monoisotopic (exact) mass is 583 g/mol. The average Bonchev–Trinajstić information content (AvgIpc) is 3.45. The van der Waals surface area contributed by atoms with Gasteiger partial charge >= 0.3 is 6.01 Å². The average molecular weight is 584 g/mol. The molecule has 1 aromatic heterocycles. The minimum atomic E-state index is 0.424. The summed E-state index contributed by atoms with van der Waals surface area (Å²) in [7, 11) is 3.87. The van der Waals surface area contributed by atoms with E-state index in [1.165, 1.54) is 34.0 Å². The fourth-order valence-corrected chi connectivity index (χ4v) is 6.78. The third kappa shape index (κ3) is 6.85. The zero-order valence-corrected chi connectivity index (χ0v) is 26.0. The molecule has 0 aliphatic carbocycles. The van der Waals surface area contributed by atoms with Crippen molar-refractivity contribution in [2.75, 3.05) is 76.4 Å². The van der Waals surface area contributed by atoms with Crippen molar-refractivity contribution in [2.24, 2.45) is 15.9 Å². The maximum absolute atomic E-state index is 6.35. The number of aliphatic imine (C=N–C) groups is 2. The van der Waals surface area contributed by atoms with E-state index in [4.69, 9.17) is 19.4 Å². The van der Waals surface area contributed by atoms with Gasteiger partial charge in [0.05, 0.1) is 37.9 Å². The van der Waals surface area contributed by atoms with E-state index in [-0.39, 0.29) is 0 Å². The van der Waals surface area contributed by atoms with Crippen molar-refractivity contribution < 1.29 is 9.47 Å². The third-order valence-electron chi connectivity index (χ3n) is 9.34. The second-order valence-electron chi connectivity index (χ2n) is 12.2. The van der Waals surface area contributed by atoms with Gasteiger partial charge in [0.25, 0.3) is 0 Å². The van der Waals surface area contributed by atoms with Gasteiger partial charge in [0.15, 0.2) is 0 Å². The summed E-state index contributed by atoms with van der Waals surface area (Å²) in [4.78, 5) is 26.1. The van der Waals surface area contributed by atoms with Crippen LogP contribution in [0.25, 0.3) is 10.8 Å². The minimum Gasteiger partial charge on any atom is -0.462 e. The lowest BCUT2D eigenvalue weighted by molar-refractivity contribution is 0.187. The molecule has 1 atom stereocenters. The number of nitrogens with zero attached hydrogens (tertiary/aromatic N) is 7. The molecule has 3 aromatic rings. The number of likely N-dealkylation sites (N-methyl/N-ethyl adjacent to an activating group) is 1.